The Labute approximate surface area is 180 Å². The van der Waals surface area contributed by atoms with E-state index in [2.05, 4.69) is 0 Å². The number of esters is 1. The van der Waals surface area contributed by atoms with E-state index in [4.69, 9.17) is 14.7 Å². The maximum atomic E-state index is 13.4. The predicted molar refractivity (Wildman–Crippen MR) is 99.7 cm³/mol. The Morgan fingerprint density at radius 1 is 1.34 bits per heavy atom. The van der Waals surface area contributed by atoms with E-state index in [1.54, 1.807) is 6.92 Å². The predicted octanol–water partition coefficient (Wildman–Crippen LogP) is 1.93. The molecule has 5 unspecified atom stereocenters. The Bertz CT molecular complexity index is 1070. The quantitative estimate of drug-likeness (QED) is 0.548. The van der Waals surface area contributed by atoms with Gasteiger partial charge in [-0.05, 0) is 25.1 Å². The third kappa shape index (κ3) is 3.01. The van der Waals surface area contributed by atoms with E-state index in [1.807, 2.05) is 0 Å². The van der Waals surface area contributed by atoms with Gasteiger partial charge in [0.2, 0.25) is 11.8 Å². The Hall–Kier alpha value is -2.97. The van der Waals surface area contributed by atoms with Gasteiger partial charge < -0.3 is 14.6 Å². The number of carbonyl (C=O) groups excluding carboxylic acids is 3. The number of nitrogens with zero attached hydrogens (tertiary/aromatic N) is 2. The normalized spacial score (nSPS) is 33.4. The van der Waals surface area contributed by atoms with E-state index in [1.165, 1.54) is 13.0 Å². The van der Waals surface area contributed by atoms with Crippen LogP contribution in [0.1, 0.15) is 37.8 Å². The smallest absolute Gasteiger partial charge is 0.417 e. The zero-order chi connectivity index (χ0) is 23.6. The van der Waals surface area contributed by atoms with Crippen LogP contribution in [0.2, 0.25) is 0 Å². The van der Waals surface area contributed by atoms with Crippen molar-refractivity contribution in [2.24, 2.45) is 11.8 Å². The lowest BCUT2D eigenvalue weighted by atomic mass is 9.66. The number of halogens is 3. The minimum Gasteiger partial charge on any atom is -0.466 e. The minimum absolute atomic E-state index is 0.0439. The number of aliphatic hydroxyl groups is 1. The number of hydrogen-bond acceptors (Lipinski definition) is 7. The molecule has 2 amide bonds. The van der Waals surface area contributed by atoms with Gasteiger partial charge in [0.25, 0.3) is 0 Å². The molecule has 3 heterocycles. The topological polar surface area (TPSA) is 117 Å². The molecule has 3 aliphatic rings. The summed E-state index contributed by atoms with van der Waals surface area (Å²) in [5, 5.41) is 19.7. The zero-order valence-corrected chi connectivity index (χ0v) is 17.1. The fraction of sp³-hybridized carbons (Fsp3) is 0.524. The van der Waals surface area contributed by atoms with Gasteiger partial charge in [-0.2, -0.15) is 18.4 Å². The van der Waals surface area contributed by atoms with E-state index >= 15 is 0 Å². The molecule has 0 aliphatic carbocycles. The maximum absolute atomic E-state index is 13.4. The molecule has 32 heavy (non-hydrogen) atoms. The molecule has 1 aromatic rings. The number of ether oxygens (including phenoxy) is 2. The Kier molecular flexibility index (Phi) is 4.87. The van der Waals surface area contributed by atoms with E-state index in [-0.39, 0.29) is 25.1 Å². The van der Waals surface area contributed by atoms with Crippen molar-refractivity contribution in [3.8, 4) is 6.07 Å². The minimum atomic E-state index is -4.86. The molecule has 0 saturated carbocycles. The van der Waals surface area contributed by atoms with Gasteiger partial charge in [-0.15, -0.1) is 0 Å². The van der Waals surface area contributed by atoms with Crippen molar-refractivity contribution in [2.45, 2.75) is 50.2 Å². The lowest BCUT2D eigenvalue weighted by Gasteiger charge is -2.35. The van der Waals surface area contributed by atoms with Crippen molar-refractivity contribution in [1.29, 1.82) is 5.26 Å². The molecule has 8 nitrogen and oxygen atoms in total. The first-order valence-electron chi connectivity index (χ1n) is 9.86. The summed E-state index contributed by atoms with van der Waals surface area (Å²) in [7, 11) is 0. The number of rotatable bonds is 4. The van der Waals surface area contributed by atoms with Gasteiger partial charge >= 0.3 is 12.1 Å². The van der Waals surface area contributed by atoms with Crippen molar-refractivity contribution in [3.05, 3.63) is 29.3 Å². The summed E-state index contributed by atoms with van der Waals surface area (Å²) >= 11 is 0. The van der Waals surface area contributed by atoms with E-state index in [0.29, 0.717) is 11.0 Å². The van der Waals surface area contributed by atoms with Gasteiger partial charge in [0.15, 0.2) is 0 Å². The highest BCUT2D eigenvalue weighted by molar-refractivity contribution is 6.23. The summed E-state index contributed by atoms with van der Waals surface area (Å²) in [5.74, 6) is -4.27. The molecule has 3 aliphatic heterocycles. The Morgan fingerprint density at radius 3 is 2.59 bits per heavy atom. The van der Waals surface area contributed by atoms with Gasteiger partial charge in [-0.1, -0.05) is 0 Å². The van der Waals surface area contributed by atoms with Crippen LogP contribution in [0, 0.1) is 23.2 Å². The number of imide groups is 1. The van der Waals surface area contributed by atoms with Crippen LogP contribution in [0.5, 0.6) is 0 Å². The summed E-state index contributed by atoms with van der Waals surface area (Å²) in [6.07, 6.45) is -6.01. The molecular weight excluding hydrogens is 433 g/mol. The number of nitriles is 1. The summed E-state index contributed by atoms with van der Waals surface area (Å²) in [5.41, 5.74) is -4.92. The lowest BCUT2D eigenvalue weighted by molar-refractivity contribution is -0.148. The number of alkyl halides is 3. The number of carbonyl (C=O) groups is 3. The molecule has 3 saturated heterocycles. The zero-order valence-electron chi connectivity index (χ0n) is 17.1. The second kappa shape index (κ2) is 7.02. The van der Waals surface area contributed by atoms with Crippen LogP contribution < -0.4 is 4.90 Å². The summed E-state index contributed by atoms with van der Waals surface area (Å²) in [6.45, 7) is 2.60. The monoisotopic (exact) mass is 452 g/mol. The molecule has 1 aromatic carbocycles. The third-order valence-corrected chi connectivity index (χ3v) is 6.56. The van der Waals surface area contributed by atoms with Gasteiger partial charge in [0.1, 0.15) is 5.60 Å². The van der Waals surface area contributed by atoms with E-state index < -0.39 is 64.2 Å². The van der Waals surface area contributed by atoms with Crippen LogP contribution in [0.25, 0.3) is 0 Å². The molecule has 1 N–H and O–H groups in total. The highest BCUT2D eigenvalue weighted by Crippen LogP contribution is 2.62. The van der Waals surface area contributed by atoms with Crippen molar-refractivity contribution in [1.82, 2.24) is 0 Å². The van der Waals surface area contributed by atoms with Gasteiger partial charge in [-0.3, -0.25) is 14.4 Å². The molecule has 0 radical (unpaired) electrons. The number of hydrogen-bond donors (Lipinski definition) is 1. The van der Waals surface area contributed by atoms with Crippen LogP contribution >= 0.6 is 0 Å². The fourth-order valence-corrected chi connectivity index (χ4v) is 5.32. The van der Waals surface area contributed by atoms with Crippen molar-refractivity contribution < 1.29 is 42.1 Å². The summed E-state index contributed by atoms with van der Waals surface area (Å²) < 4.78 is 51.2. The summed E-state index contributed by atoms with van der Waals surface area (Å²) in [6, 6.07) is 4.07. The van der Waals surface area contributed by atoms with Crippen molar-refractivity contribution >= 4 is 23.5 Å². The largest absolute Gasteiger partial charge is 0.466 e. The van der Waals surface area contributed by atoms with Gasteiger partial charge in [0, 0.05) is 19.8 Å². The average Bonchev–Trinajstić information content (AvgIpc) is 3.22. The Morgan fingerprint density at radius 2 is 2.00 bits per heavy atom. The van der Waals surface area contributed by atoms with Gasteiger partial charge in [0.05, 0.1) is 53.0 Å². The number of aliphatic hydroxyl groups excluding tert-OH is 1. The first kappa shape index (κ1) is 22.2. The van der Waals surface area contributed by atoms with Crippen LogP contribution in [-0.4, -0.2) is 46.8 Å². The van der Waals surface area contributed by atoms with Gasteiger partial charge in [-0.25, -0.2) is 4.90 Å². The highest BCUT2D eigenvalue weighted by Gasteiger charge is 2.77. The second-order valence-corrected chi connectivity index (χ2v) is 8.49. The first-order chi connectivity index (χ1) is 14.9. The molecule has 0 aromatic heterocycles. The lowest BCUT2D eigenvalue weighted by Crippen LogP contribution is -2.51. The number of amides is 2. The fourth-order valence-electron chi connectivity index (χ4n) is 5.32. The molecule has 170 valence electrons. The molecule has 3 fully saturated rings. The number of anilines is 1. The Balaban J connectivity index is 1.75. The van der Waals surface area contributed by atoms with Crippen LogP contribution in [0.15, 0.2) is 18.2 Å². The highest BCUT2D eigenvalue weighted by atomic mass is 19.4. The van der Waals surface area contributed by atoms with Crippen LogP contribution in [-0.2, 0) is 30.0 Å². The molecule has 2 bridgehead atoms. The molecule has 11 heteroatoms. The standard InChI is InChI=1S/C21H19F3N2O6/c1-10(27)31-6-5-20-14(28)8-19(2,32-20)15-16(20)18(30)26(17(15)29)12-4-3-11(9-25)13(7-12)21(22,23)24/h3-4,7,14-16,28H,5-6,8H2,1-2H3. The van der Waals surface area contributed by atoms with E-state index in [0.717, 1.165) is 12.1 Å². The number of fused-ring (bicyclic) bond motifs is 5. The van der Waals surface area contributed by atoms with Crippen molar-refractivity contribution in [2.75, 3.05) is 11.5 Å². The van der Waals surface area contributed by atoms with E-state index in [9.17, 15) is 32.7 Å². The second-order valence-electron chi connectivity index (χ2n) is 8.49. The first-order valence-corrected chi connectivity index (χ1v) is 9.86. The van der Waals surface area contributed by atoms with Crippen molar-refractivity contribution in [3.63, 3.8) is 0 Å². The molecular formula is C21H19F3N2O6. The molecule has 4 rings (SSSR count). The number of benzene rings is 1. The molecule has 0 spiro atoms. The van der Waals surface area contributed by atoms with Crippen LogP contribution in [0.4, 0.5) is 18.9 Å². The summed E-state index contributed by atoms with van der Waals surface area (Å²) in [4.78, 5) is 38.4. The SMILES string of the molecule is CC(=O)OCCC12OC(C)(CC1O)C1C(=O)N(c3ccc(C#N)c(C(F)(F)F)c3)C(=O)C12. The maximum Gasteiger partial charge on any atom is 0.417 e. The third-order valence-electron chi connectivity index (χ3n) is 6.56. The molecule has 5 atom stereocenters. The van der Waals surface area contributed by atoms with Crippen LogP contribution in [0.3, 0.4) is 0 Å². The average molecular weight is 452 g/mol.